The number of nitrogens with two attached hydrogens (primary N) is 1. The van der Waals surface area contributed by atoms with E-state index in [2.05, 4.69) is 17.0 Å². The van der Waals surface area contributed by atoms with E-state index in [0.29, 0.717) is 17.5 Å². The molecule has 2 aliphatic rings. The first kappa shape index (κ1) is 14.6. The molecule has 3 nitrogen and oxygen atoms in total. The topological polar surface area (TPSA) is 46.3 Å². The van der Waals surface area contributed by atoms with Crippen molar-refractivity contribution < 1.29 is 4.79 Å². The van der Waals surface area contributed by atoms with E-state index >= 15 is 0 Å². The number of allylic oxidation sites excluding steroid dienone is 1. The highest BCUT2D eigenvalue weighted by Gasteiger charge is 2.39. The second kappa shape index (κ2) is 5.82. The molecule has 2 N–H and O–H groups in total. The summed E-state index contributed by atoms with van der Waals surface area (Å²) in [6, 6.07) is 6.47. The van der Waals surface area contributed by atoms with Crippen LogP contribution in [0.25, 0.3) is 0 Å². The first-order valence-corrected chi connectivity index (χ1v) is 7.93. The lowest BCUT2D eigenvalue weighted by molar-refractivity contribution is 0.0998. The molecule has 0 saturated carbocycles. The molecule has 112 valence electrons. The van der Waals surface area contributed by atoms with Gasteiger partial charge in [-0.15, -0.1) is 0 Å². The van der Waals surface area contributed by atoms with E-state index in [0.717, 1.165) is 37.4 Å². The zero-order valence-corrected chi connectivity index (χ0v) is 13.1. The van der Waals surface area contributed by atoms with Gasteiger partial charge in [0.25, 0.3) is 0 Å². The monoisotopic (exact) mass is 304 g/mol. The van der Waals surface area contributed by atoms with Gasteiger partial charge in [0.05, 0.1) is 0 Å². The number of hydrogen-bond donors (Lipinski definition) is 1. The van der Waals surface area contributed by atoms with Gasteiger partial charge in [-0.25, -0.2) is 0 Å². The summed E-state index contributed by atoms with van der Waals surface area (Å²) in [6.45, 7) is 3.86. The van der Waals surface area contributed by atoms with Gasteiger partial charge in [0.1, 0.15) is 0 Å². The minimum Gasteiger partial charge on any atom is -0.366 e. The number of amides is 1. The van der Waals surface area contributed by atoms with Crippen LogP contribution in [0.1, 0.15) is 47.2 Å². The Kier molecular flexibility index (Phi) is 4.05. The lowest BCUT2D eigenvalue weighted by Gasteiger charge is -2.34. The summed E-state index contributed by atoms with van der Waals surface area (Å²) >= 11 is 5.95. The van der Waals surface area contributed by atoms with Gasteiger partial charge in [0.2, 0.25) is 5.91 Å². The Morgan fingerprint density at radius 2 is 2.29 bits per heavy atom. The van der Waals surface area contributed by atoms with Crippen molar-refractivity contribution >= 4 is 17.5 Å². The maximum absolute atomic E-state index is 11.7. The Morgan fingerprint density at radius 1 is 1.48 bits per heavy atom. The normalized spacial score (nSPS) is 25.5. The fourth-order valence-electron chi connectivity index (χ4n) is 3.89. The molecule has 3 rings (SSSR count). The lowest BCUT2D eigenvalue weighted by atomic mass is 9.77. The number of carbonyl (C=O) groups is 1. The SMILES string of the molecule is C/C(Cl)=C\CN1CC[C@H]2c3c(cccc3C(N)=O)CC[C@H]21. The molecule has 1 aromatic carbocycles. The highest BCUT2D eigenvalue weighted by molar-refractivity contribution is 6.29. The summed E-state index contributed by atoms with van der Waals surface area (Å²) in [5.41, 5.74) is 8.80. The molecule has 2 atom stereocenters. The molecule has 1 amide bonds. The third-order valence-electron chi connectivity index (χ3n) is 4.81. The Morgan fingerprint density at radius 3 is 3.00 bits per heavy atom. The number of likely N-dealkylation sites (tertiary alicyclic amines) is 1. The van der Waals surface area contributed by atoms with E-state index in [9.17, 15) is 4.79 Å². The van der Waals surface area contributed by atoms with Gasteiger partial charge in [-0.2, -0.15) is 0 Å². The molecule has 0 radical (unpaired) electrons. The summed E-state index contributed by atoms with van der Waals surface area (Å²) in [7, 11) is 0. The van der Waals surface area contributed by atoms with Crippen LogP contribution in [-0.2, 0) is 6.42 Å². The fourth-order valence-corrected chi connectivity index (χ4v) is 3.96. The summed E-state index contributed by atoms with van der Waals surface area (Å²) in [5, 5.41) is 0.840. The third kappa shape index (κ3) is 2.72. The highest BCUT2D eigenvalue weighted by Crippen LogP contribution is 2.42. The Hall–Kier alpha value is -1.32. The van der Waals surface area contributed by atoms with Gasteiger partial charge in [0.15, 0.2) is 0 Å². The van der Waals surface area contributed by atoms with Crippen LogP contribution in [0.15, 0.2) is 29.3 Å². The molecular weight excluding hydrogens is 284 g/mol. The van der Waals surface area contributed by atoms with Gasteiger partial charge < -0.3 is 5.73 Å². The van der Waals surface area contributed by atoms with Crippen LogP contribution in [-0.4, -0.2) is 29.9 Å². The Balaban J connectivity index is 1.91. The van der Waals surface area contributed by atoms with E-state index in [-0.39, 0.29) is 5.91 Å². The summed E-state index contributed by atoms with van der Waals surface area (Å²) in [6.07, 6.45) is 5.34. The molecule has 1 saturated heterocycles. The summed E-state index contributed by atoms with van der Waals surface area (Å²) in [4.78, 5) is 14.2. The first-order valence-electron chi connectivity index (χ1n) is 7.56. The minimum absolute atomic E-state index is 0.303. The van der Waals surface area contributed by atoms with Crippen LogP contribution in [0, 0.1) is 0 Å². The zero-order chi connectivity index (χ0) is 15.0. The molecule has 21 heavy (non-hydrogen) atoms. The van der Waals surface area contributed by atoms with Crippen molar-refractivity contribution in [1.29, 1.82) is 0 Å². The molecule has 1 aliphatic carbocycles. The molecule has 0 bridgehead atoms. The number of carbonyl (C=O) groups excluding carboxylic acids is 1. The maximum atomic E-state index is 11.7. The van der Waals surface area contributed by atoms with Gasteiger partial charge in [0, 0.05) is 29.1 Å². The molecule has 0 spiro atoms. The Bertz CT molecular complexity index is 592. The number of halogens is 1. The van der Waals surface area contributed by atoms with Crippen LogP contribution >= 0.6 is 11.6 Å². The number of aryl methyl sites for hydroxylation is 1. The zero-order valence-electron chi connectivity index (χ0n) is 12.3. The molecule has 1 aromatic rings. The summed E-state index contributed by atoms with van der Waals surface area (Å²) < 4.78 is 0. The van der Waals surface area contributed by atoms with Crippen LogP contribution in [0.4, 0.5) is 0 Å². The maximum Gasteiger partial charge on any atom is 0.248 e. The molecular formula is C17H21ClN2O. The molecule has 0 unspecified atom stereocenters. The van der Waals surface area contributed by atoms with Crippen LogP contribution in [0.5, 0.6) is 0 Å². The first-order chi connectivity index (χ1) is 10.1. The van der Waals surface area contributed by atoms with Crippen molar-refractivity contribution in [3.05, 3.63) is 46.0 Å². The fraction of sp³-hybridized carbons (Fsp3) is 0.471. The van der Waals surface area contributed by atoms with E-state index in [1.165, 1.54) is 11.1 Å². The predicted molar refractivity (Wildman–Crippen MR) is 85.6 cm³/mol. The van der Waals surface area contributed by atoms with Crippen molar-refractivity contribution in [2.24, 2.45) is 5.73 Å². The lowest BCUT2D eigenvalue weighted by Crippen LogP contribution is -2.36. The number of fused-ring (bicyclic) bond motifs is 3. The Labute approximate surface area is 130 Å². The quantitative estimate of drug-likeness (QED) is 0.933. The van der Waals surface area contributed by atoms with Crippen LogP contribution < -0.4 is 5.73 Å². The van der Waals surface area contributed by atoms with Gasteiger partial charge in [-0.05, 0) is 49.9 Å². The average Bonchev–Trinajstić information content (AvgIpc) is 2.87. The molecule has 4 heteroatoms. The largest absolute Gasteiger partial charge is 0.366 e. The molecule has 1 heterocycles. The minimum atomic E-state index is -0.303. The highest BCUT2D eigenvalue weighted by atomic mass is 35.5. The second-order valence-corrected chi connectivity index (χ2v) is 6.63. The molecule has 1 fully saturated rings. The van der Waals surface area contributed by atoms with Crippen molar-refractivity contribution in [2.75, 3.05) is 13.1 Å². The molecule has 0 aromatic heterocycles. The van der Waals surface area contributed by atoms with Crippen molar-refractivity contribution in [2.45, 2.75) is 38.1 Å². The number of rotatable bonds is 3. The van der Waals surface area contributed by atoms with E-state index in [4.69, 9.17) is 17.3 Å². The van der Waals surface area contributed by atoms with Gasteiger partial charge >= 0.3 is 0 Å². The van der Waals surface area contributed by atoms with E-state index in [1.54, 1.807) is 0 Å². The number of nitrogens with zero attached hydrogens (tertiary/aromatic N) is 1. The van der Waals surface area contributed by atoms with Crippen LogP contribution in [0.2, 0.25) is 0 Å². The second-order valence-electron chi connectivity index (χ2n) is 6.03. The molecule has 1 aliphatic heterocycles. The van der Waals surface area contributed by atoms with Crippen LogP contribution in [0.3, 0.4) is 0 Å². The number of primary amides is 1. The van der Waals surface area contributed by atoms with E-state index in [1.807, 2.05) is 19.1 Å². The van der Waals surface area contributed by atoms with E-state index < -0.39 is 0 Å². The van der Waals surface area contributed by atoms with Crippen molar-refractivity contribution in [3.8, 4) is 0 Å². The van der Waals surface area contributed by atoms with Crippen molar-refractivity contribution in [1.82, 2.24) is 4.90 Å². The summed E-state index contributed by atoms with van der Waals surface area (Å²) in [5.74, 6) is 0.129. The predicted octanol–water partition coefficient (Wildman–Crippen LogP) is 3.03. The smallest absolute Gasteiger partial charge is 0.248 e. The third-order valence-corrected chi connectivity index (χ3v) is 4.96. The van der Waals surface area contributed by atoms with Gasteiger partial charge in [-0.3, -0.25) is 9.69 Å². The van der Waals surface area contributed by atoms with Crippen molar-refractivity contribution in [3.63, 3.8) is 0 Å². The standard InChI is InChI=1S/C17H21ClN2O/c1-11(18)7-9-20-10-8-13-15(20)6-5-12-3-2-4-14(16(12)13)17(19)21/h2-4,7,13,15H,5-6,8-10H2,1H3,(H2,19,21)/b11-7+/t13-,15-/m1/s1. The number of hydrogen-bond acceptors (Lipinski definition) is 2. The average molecular weight is 305 g/mol. The number of benzene rings is 1. The van der Waals surface area contributed by atoms with Gasteiger partial charge in [-0.1, -0.05) is 29.8 Å².